The zero-order valence-corrected chi connectivity index (χ0v) is 31.0. The summed E-state index contributed by atoms with van der Waals surface area (Å²) in [6, 6.07) is 68.7. The van der Waals surface area contributed by atoms with E-state index in [-0.39, 0.29) is 0 Å². The van der Waals surface area contributed by atoms with E-state index in [0.29, 0.717) is 17.5 Å². The molecule has 0 N–H and O–H groups in total. The molecule has 0 spiro atoms. The molecule has 0 saturated heterocycles. The van der Waals surface area contributed by atoms with Gasteiger partial charge in [-0.2, -0.15) is 0 Å². The van der Waals surface area contributed by atoms with E-state index in [9.17, 15) is 0 Å². The minimum Gasteiger partial charge on any atom is -0.309 e. The Morgan fingerprint density at radius 2 is 0.821 bits per heavy atom. The average molecular weight is 733 g/mol. The fraction of sp³-hybridized carbons (Fsp3) is 0. The molecule has 0 aliphatic heterocycles. The van der Waals surface area contributed by atoms with Crippen molar-refractivity contribution in [3.8, 4) is 62.1 Å². The van der Waals surface area contributed by atoms with E-state index in [2.05, 4.69) is 138 Å². The minimum absolute atomic E-state index is 0.657. The Morgan fingerprint density at radius 3 is 1.34 bits per heavy atom. The highest BCUT2D eigenvalue weighted by molar-refractivity contribution is 7.25. The monoisotopic (exact) mass is 732 g/mol. The van der Waals surface area contributed by atoms with Crippen molar-refractivity contribution >= 4 is 53.3 Å². The molecule has 0 fully saturated rings. The van der Waals surface area contributed by atoms with E-state index >= 15 is 0 Å². The van der Waals surface area contributed by atoms with Crippen LogP contribution in [-0.4, -0.2) is 19.5 Å². The van der Waals surface area contributed by atoms with Gasteiger partial charge in [-0.25, -0.2) is 15.0 Å². The Hall–Kier alpha value is -7.21. The molecule has 0 aliphatic rings. The van der Waals surface area contributed by atoms with Gasteiger partial charge in [0.15, 0.2) is 17.5 Å². The van der Waals surface area contributed by atoms with Crippen LogP contribution in [0, 0.1) is 0 Å². The van der Waals surface area contributed by atoms with Gasteiger partial charge in [0.1, 0.15) is 0 Å². The van der Waals surface area contributed by atoms with E-state index in [4.69, 9.17) is 15.0 Å². The number of fused-ring (bicyclic) bond motifs is 6. The summed E-state index contributed by atoms with van der Waals surface area (Å²) in [4.78, 5) is 14.9. The summed E-state index contributed by atoms with van der Waals surface area (Å²) < 4.78 is 4.90. The van der Waals surface area contributed by atoms with Crippen molar-refractivity contribution in [2.24, 2.45) is 0 Å². The molecule has 0 atom stereocenters. The lowest BCUT2D eigenvalue weighted by atomic mass is 9.95. The Morgan fingerprint density at radius 1 is 0.339 bits per heavy atom. The van der Waals surface area contributed by atoms with Crippen LogP contribution in [0.1, 0.15) is 0 Å². The van der Waals surface area contributed by atoms with Gasteiger partial charge in [-0.15, -0.1) is 11.3 Å². The summed E-state index contributed by atoms with van der Waals surface area (Å²) in [5.41, 5.74) is 11.3. The summed E-state index contributed by atoms with van der Waals surface area (Å²) in [6.45, 7) is 0. The van der Waals surface area contributed by atoms with E-state index in [0.717, 1.165) is 22.4 Å². The van der Waals surface area contributed by atoms with E-state index < -0.39 is 0 Å². The molecular weight excluding hydrogens is 701 g/mol. The second-order valence-corrected chi connectivity index (χ2v) is 15.1. The maximum absolute atomic E-state index is 5.01. The maximum atomic E-state index is 5.01. The number of rotatable bonds is 6. The molecular formula is C51H32N4S. The van der Waals surface area contributed by atoms with Crippen LogP contribution in [0.15, 0.2) is 194 Å². The van der Waals surface area contributed by atoms with Crippen molar-refractivity contribution in [1.82, 2.24) is 19.5 Å². The topological polar surface area (TPSA) is 43.6 Å². The first kappa shape index (κ1) is 32.2. The van der Waals surface area contributed by atoms with Crippen molar-refractivity contribution < 1.29 is 0 Å². The van der Waals surface area contributed by atoms with E-state index in [1.54, 1.807) is 0 Å². The third kappa shape index (κ3) is 5.40. The molecule has 3 aromatic heterocycles. The number of aromatic nitrogens is 4. The fourth-order valence-corrected chi connectivity index (χ4v) is 9.20. The summed E-state index contributed by atoms with van der Waals surface area (Å²) in [7, 11) is 0. The summed E-state index contributed by atoms with van der Waals surface area (Å²) >= 11 is 1.82. The molecule has 262 valence electrons. The lowest BCUT2D eigenvalue weighted by molar-refractivity contribution is 1.07. The SMILES string of the molecule is c1ccc(-c2nc(-c3ccccc3)nc(-c3ccc4sc5cc(-n6c7cccc(-c8ccccc8)c7c7c(-c8ccccc8)cccc76)ccc5c4c3)n2)cc1. The van der Waals surface area contributed by atoms with E-state index in [1.165, 1.54) is 64.2 Å². The molecule has 0 amide bonds. The summed E-state index contributed by atoms with van der Waals surface area (Å²) in [5, 5.41) is 4.93. The first-order valence-corrected chi connectivity index (χ1v) is 19.6. The largest absolute Gasteiger partial charge is 0.309 e. The lowest BCUT2D eigenvalue weighted by Crippen LogP contribution is -2.00. The van der Waals surface area contributed by atoms with Crippen LogP contribution in [-0.2, 0) is 0 Å². The standard InChI is InChI=1S/C51H32N4S/c1-5-15-33(16-6-1)39-23-13-25-43-47(39)48-40(34-17-7-2-8-18-34)24-14-26-44(48)55(43)38-28-29-41-42-31-37(27-30-45(42)56-46(41)32-38)51-53-49(35-19-9-3-10-20-35)52-50(54-51)36-21-11-4-12-22-36/h1-32H. The van der Waals surface area contributed by atoms with Gasteiger partial charge in [-0.3, -0.25) is 0 Å². The van der Waals surface area contributed by atoms with Gasteiger partial charge < -0.3 is 4.57 Å². The summed E-state index contributed by atoms with van der Waals surface area (Å²) in [6.07, 6.45) is 0. The number of hydrogen-bond acceptors (Lipinski definition) is 4. The van der Waals surface area contributed by atoms with Crippen LogP contribution < -0.4 is 0 Å². The lowest BCUT2D eigenvalue weighted by Gasteiger charge is -2.09. The highest BCUT2D eigenvalue weighted by Crippen LogP contribution is 2.44. The molecule has 0 saturated carbocycles. The number of hydrogen-bond donors (Lipinski definition) is 0. The molecule has 4 nitrogen and oxygen atoms in total. The molecule has 0 unspecified atom stereocenters. The molecule has 0 bridgehead atoms. The minimum atomic E-state index is 0.657. The number of benzene rings is 8. The highest BCUT2D eigenvalue weighted by atomic mass is 32.1. The fourth-order valence-electron chi connectivity index (χ4n) is 8.08. The Labute approximate surface area is 327 Å². The number of thiophene rings is 1. The summed E-state index contributed by atoms with van der Waals surface area (Å²) in [5.74, 6) is 1.97. The van der Waals surface area contributed by atoms with Crippen LogP contribution >= 0.6 is 11.3 Å². The van der Waals surface area contributed by atoms with Gasteiger partial charge in [0.05, 0.1) is 11.0 Å². The molecule has 8 aromatic carbocycles. The zero-order chi connectivity index (χ0) is 37.0. The highest BCUT2D eigenvalue weighted by Gasteiger charge is 2.20. The van der Waals surface area contributed by atoms with Crippen molar-refractivity contribution in [2.75, 3.05) is 0 Å². The Balaban J connectivity index is 1.09. The van der Waals surface area contributed by atoms with Crippen LogP contribution in [0.4, 0.5) is 0 Å². The molecule has 0 aliphatic carbocycles. The number of nitrogens with zero attached hydrogens (tertiary/aromatic N) is 4. The first-order valence-electron chi connectivity index (χ1n) is 18.8. The average Bonchev–Trinajstić information content (AvgIpc) is 3.82. The van der Waals surface area contributed by atoms with Crippen LogP contribution in [0.2, 0.25) is 0 Å². The predicted molar refractivity (Wildman–Crippen MR) is 234 cm³/mol. The molecule has 0 radical (unpaired) electrons. The van der Waals surface area contributed by atoms with Gasteiger partial charge >= 0.3 is 0 Å². The van der Waals surface area contributed by atoms with E-state index in [1.807, 2.05) is 72.0 Å². The molecule has 3 heterocycles. The third-order valence-electron chi connectivity index (χ3n) is 10.7. The van der Waals surface area contributed by atoms with Gasteiger partial charge in [0, 0.05) is 53.3 Å². The van der Waals surface area contributed by atoms with Crippen molar-refractivity contribution in [3.05, 3.63) is 194 Å². The quantitative estimate of drug-likeness (QED) is 0.171. The van der Waals surface area contributed by atoms with Gasteiger partial charge in [0.25, 0.3) is 0 Å². The maximum Gasteiger partial charge on any atom is 0.164 e. The third-order valence-corrected chi connectivity index (χ3v) is 11.8. The normalized spacial score (nSPS) is 11.6. The molecule has 11 aromatic rings. The second-order valence-electron chi connectivity index (χ2n) is 14.0. The van der Waals surface area contributed by atoms with Gasteiger partial charge in [-0.05, 0) is 64.7 Å². The zero-order valence-electron chi connectivity index (χ0n) is 30.2. The smallest absolute Gasteiger partial charge is 0.164 e. The van der Waals surface area contributed by atoms with Crippen molar-refractivity contribution in [2.45, 2.75) is 0 Å². The van der Waals surface area contributed by atoms with Gasteiger partial charge in [0.2, 0.25) is 0 Å². The predicted octanol–water partition coefficient (Wildman–Crippen LogP) is 13.7. The molecule has 56 heavy (non-hydrogen) atoms. The Bertz CT molecular complexity index is 3070. The van der Waals surface area contributed by atoms with Crippen LogP contribution in [0.5, 0.6) is 0 Å². The second kappa shape index (κ2) is 13.3. The van der Waals surface area contributed by atoms with Crippen LogP contribution in [0.3, 0.4) is 0 Å². The molecule has 5 heteroatoms. The first-order chi connectivity index (χ1) is 27.8. The van der Waals surface area contributed by atoms with Gasteiger partial charge in [-0.1, -0.05) is 152 Å². The van der Waals surface area contributed by atoms with Crippen LogP contribution in [0.25, 0.3) is 104 Å². The molecule has 11 rings (SSSR count). The van der Waals surface area contributed by atoms with Crippen molar-refractivity contribution in [3.63, 3.8) is 0 Å². The Kier molecular flexibility index (Phi) is 7.64. The van der Waals surface area contributed by atoms with Crippen molar-refractivity contribution in [1.29, 1.82) is 0 Å².